The molecule has 2 heterocycles. The Kier molecular flexibility index (Phi) is 7.40. The quantitative estimate of drug-likeness (QED) is 0.211. The zero-order valence-corrected chi connectivity index (χ0v) is 17.1. The molecule has 0 saturated carbocycles. The van der Waals surface area contributed by atoms with Crippen LogP contribution in [0.4, 0.5) is 65.9 Å². The smallest absolute Gasteiger partial charge is 0.460 e. The Morgan fingerprint density at radius 1 is 0.778 bits per heavy atom. The van der Waals surface area contributed by atoms with Crippen molar-refractivity contribution in [3.05, 3.63) is 10.8 Å². The van der Waals surface area contributed by atoms with Crippen molar-refractivity contribution in [1.82, 2.24) is 0 Å². The molecule has 36 heavy (non-hydrogen) atoms. The van der Waals surface area contributed by atoms with E-state index < -0.39 is 67.0 Å². The molecule has 0 amide bonds. The predicted octanol–water partition coefficient (Wildman–Crippen LogP) is 5.74. The zero-order valence-electron chi connectivity index (χ0n) is 16.3. The topological polar surface area (TPSA) is 54.0 Å². The lowest BCUT2D eigenvalue weighted by Crippen LogP contribution is -2.73. The van der Waals surface area contributed by atoms with Gasteiger partial charge in [-0.15, -0.1) is 11.3 Å². The molecule has 2 rings (SSSR count). The van der Waals surface area contributed by atoms with Gasteiger partial charge in [-0.3, -0.25) is 4.89 Å². The van der Waals surface area contributed by atoms with Crippen LogP contribution in [0.5, 0.6) is 11.5 Å². The summed E-state index contributed by atoms with van der Waals surface area (Å²) in [6.07, 6.45) is -9.04. The second-order valence-electron chi connectivity index (χ2n) is 6.75. The van der Waals surface area contributed by atoms with E-state index in [1.165, 1.54) is 10.8 Å². The Morgan fingerprint density at radius 2 is 1.25 bits per heavy atom. The number of alkyl halides is 15. The molecule has 1 atom stereocenters. The lowest BCUT2D eigenvalue weighted by atomic mass is 9.91. The minimum Gasteiger partial charge on any atom is -0.485 e. The Morgan fingerprint density at radius 3 is 1.78 bits per heavy atom. The third-order valence-corrected chi connectivity index (χ3v) is 4.98. The van der Waals surface area contributed by atoms with E-state index in [2.05, 4.69) is 9.78 Å². The lowest BCUT2D eigenvalue weighted by molar-refractivity contribution is -0.451. The number of ether oxygens (including phenoxy) is 2. The van der Waals surface area contributed by atoms with Crippen molar-refractivity contribution in [2.24, 2.45) is 0 Å². The van der Waals surface area contributed by atoms with E-state index in [0.717, 1.165) is 11.3 Å². The van der Waals surface area contributed by atoms with Gasteiger partial charge in [0, 0.05) is 10.8 Å². The number of carbonyl (C=O) groups excluding carboxylic acids is 1. The molecule has 21 heteroatoms. The molecular formula is C15H7F15O5S. The van der Waals surface area contributed by atoms with Crippen molar-refractivity contribution in [1.29, 1.82) is 0 Å². The van der Waals surface area contributed by atoms with E-state index in [4.69, 9.17) is 9.47 Å². The van der Waals surface area contributed by atoms with Gasteiger partial charge < -0.3 is 9.47 Å². The van der Waals surface area contributed by atoms with Crippen LogP contribution in [-0.4, -0.2) is 67.0 Å². The second kappa shape index (κ2) is 8.91. The monoisotopic (exact) mass is 584 g/mol. The van der Waals surface area contributed by atoms with E-state index in [0.29, 0.717) is 0 Å². The fourth-order valence-corrected chi connectivity index (χ4v) is 2.92. The number of carbonyl (C=O) groups is 1. The molecule has 1 unspecified atom stereocenters. The van der Waals surface area contributed by atoms with Crippen LogP contribution in [0.25, 0.3) is 0 Å². The molecule has 0 radical (unpaired) electrons. The number of halogens is 15. The summed E-state index contributed by atoms with van der Waals surface area (Å²) in [7, 11) is 0. The molecule has 5 nitrogen and oxygen atoms in total. The van der Waals surface area contributed by atoms with Gasteiger partial charge in [0.15, 0.2) is 17.6 Å². The molecule has 1 aromatic heterocycles. The first-order valence-electron chi connectivity index (χ1n) is 8.50. The molecule has 0 aromatic carbocycles. The van der Waals surface area contributed by atoms with Gasteiger partial charge in [-0.05, 0) is 0 Å². The van der Waals surface area contributed by atoms with Crippen molar-refractivity contribution < 1.29 is 89.9 Å². The third kappa shape index (κ3) is 4.36. The SMILES string of the molecule is O=C(OOCC1COc2cscc2O1)C(F)(F)C(F)(F)C(F)(F)C(F)(F)C(F)(F)C(F)(F)C(F)(F)F. The van der Waals surface area contributed by atoms with Crippen molar-refractivity contribution in [3.8, 4) is 11.5 Å². The summed E-state index contributed by atoms with van der Waals surface area (Å²) in [5.74, 6) is -52.4. The van der Waals surface area contributed by atoms with Gasteiger partial charge in [0.05, 0.1) is 0 Å². The van der Waals surface area contributed by atoms with Gasteiger partial charge in [0.1, 0.15) is 13.2 Å². The maximum Gasteiger partial charge on any atom is 0.460 e. The minimum absolute atomic E-state index is 0.0431. The van der Waals surface area contributed by atoms with E-state index in [1.54, 1.807) is 0 Å². The largest absolute Gasteiger partial charge is 0.485 e. The first-order chi connectivity index (χ1) is 16.0. The van der Waals surface area contributed by atoms with E-state index >= 15 is 0 Å². The van der Waals surface area contributed by atoms with Crippen molar-refractivity contribution >= 4 is 17.3 Å². The van der Waals surface area contributed by atoms with Gasteiger partial charge in [-0.1, -0.05) is 0 Å². The molecule has 1 aromatic rings. The summed E-state index contributed by atoms with van der Waals surface area (Å²) in [5.41, 5.74) is 0. The number of fused-ring (bicyclic) bond motifs is 1. The van der Waals surface area contributed by atoms with Crippen LogP contribution in [0, 0.1) is 0 Å². The highest BCUT2D eigenvalue weighted by Gasteiger charge is 2.94. The van der Waals surface area contributed by atoms with E-state index in [1.807, 2.05) is 0 Å². The van der Waals surface area contributed by atoms with Crippen molar-refractivity contribution in [2.45, 2.75) is 47.8 Å². The average Bonchev–Trinajstić information content (AvgIpc) is 3.19. The van der Waals surface area contributed by atoms with Gasteiger partial charge in [0.25, 0.3) is 0 Å². The van der Waals surface area contributed by atoms with Crippen molar-refractivity contribution in [2.75, 3.05) is 13.2 Å². The van der Waals surface area contributed by atoms with Crippen LogP contribution in [0.1, 0.15) is 0 Å². The maximum absolute atomic E-state index is 13.6. The molecule has 1 aliphatic heterocycles. The van der Waals surface area contributed by atoms with E-state index in [-0.39, 0.29) is 11.5 Å². The number of hydrogen-bond donors (Lipinski definition) is 0. The summed E-state index contributed by atoms with van der Waals surface area (Å²) in [6.45, 7) is -1.59. The molecule has 0 fully saturated rings. The molecule has 0 saturated heterocycles. The Labute approximate surface area is 191 Å². The van der Waals surface area contributed by atoms with E-state index in [9.17, 15) is 70.7 Å². The first-order valence-corrected chi connectivity index (χ1v) is 9.44. The number of hydrogen-bond acceptors (Lipinski definition) is 6. The van der Waals surface area contributed by atoms with Gasteiger partial charge in [-0.25, -0.2) is 4.79 Å². The van der Waals surface area contributed by atoms with Gasteiger partial charge in [0.2, 0.25) is 0 Å². The van der Waals surface area contributed by atoms with Crippen LogP contribution >= 0.6 is 11.3 Å². The van der Waals surface area contributed by atoms with Crippen LogP contribution in [0.2, 0.25) is 0 Å². The third-order valence-electron chi connectivity index (χ3n) is 4.28. The molecule has 208 valence electrons. The summed E-state index contributed by atoms with van der Waals surface area (Å²) >= 11 is 1.05. The molecule has 0 bridgehead atoms. The van der Waals surface area contributed by atoms with Crippen molar-refractivity contribution in [3.63, 3.8) is 0 Å². The standard InChI is InChI=1S/C15H7F15O5S/c16-9(17,8(31)35-33-2-5-1-32-6-3-36-4-7(6)34-5)10(18,19)11(20,21)12(22,23)13(24,25)14(26,27)15(28,29)30/h3-5H,1-2H2. The van der Waals surface area contributed by atoms with Gasteiger partial charge >= 0.3 is 47.7 Å². The summed E-state index contributed by atoms with van der Waals surface area (Å²) < 4.78 is 206. The first kappa shape index (κ1) is 29.9. The molecule has 0 N–H and O–H groups in total. The number of thiophene rings is 1. The Balaban J connectivity index is 2.20. The fraction of sp³-hybridized carbons (Fsp3) is 0.667. The second-order valence-corrected chi connectivity index (χ2v) is 7.49. The molecule has 0 spiro atoms. The Bertz CT molecular complexity index is 957. The summed E-state index contributed by atoms with van der Waals surface area (Å²) in [5, 5.41) is 2.77. The molecular weight excluding hydrogens is 577 g/mol. The van der Waals surface area contributed by atoms with Crippen LogP contribution in [0.15, 0.2) is 10.8 Å². The normalized spacial score (nSPS) is 18.2. The lowest BCUT2D eigenvalue weighted by Gasteiger charge is -2.40. The predicted molar refractivity (Wildman–Crippen MR) is 82.0 cm³/mol. The van der Waals surface area contributed by atoms with Crippen LogP contribution in [0.3, 0.4) is 0 Å². The summed E-state index contributed by atoms with van der Waals surface area (Å²) in [4.78, 5) is 18.0. The van der Waals surface area contributed by atoms with Gasteiger partial charge in [-0.2, -0.15) is 70.7 Å². The minimum atomic E-state index is -8.52. The highest BCUT2D eigenvalue weighted by molar-refractivity contribution is 7.08. The zero-order chi connectivity index (χ0) is 28.2. The Hall–Kier alpha value is -2.32. The molecule has 1 aliphatic rings. The fourth-order valence-electron chi connectivity index (χ4n) is 2.25. The average molecular weight is 584 g/mol. The van der Waals surface area contributed by atoms with Crippen LogP contribution in [-0.2, 0) is 14.6 Å². The maximum atomic E-state index is 13.6. The summed E-state index contributed by atoms with van der Waals surface area (Å²) in [6, 6.07) is 0. The van der Waals surface area contributed by atoms with Crippen LogP contribution < -0.4 is 9.47 Å². The number of rotatable bonds is 9. The highest BCUT2D eigenvalue weighted by Crippen LogP contribution is 2.62. The molecule has 0 aliphatic carbocycles. The highest BCUT2D eigenvalue weighted by atomic mass is 32.1.